The highest BCUT2D eigenvalue weighted by molar-refractivity contribution is 6.31. The van der Waals surface area contributed by atoms with Gasteiger partial charge in [-0.1, -0.05) is 11.6 Å². The van der Waals surface area contributed by atoms with E-state index in [-0.39, 0.29) is 28.6 Å². The Morgan fingerprint density at radius 1 is 1.00 bits per heavy atom. The van der Waals surface area contributed by atoms with Gasteiger partial charge >= 0.3 is 5.97 Å². The van der Waals surface area contributed by atoms with E-state index in [2.05, 4.69) is 0 Å². The number of nitro groups is 2. The molecule has 0 aliphatic heterocycles. The van der Waals surface area contributed by atoms with Crippen molar-refractivity contribution < 1.29 is 19.4 Å². The van der Waals surface area contributed by atoms with Crippen LogP contribution < -0.4 is 0 Å². The first-order valence-corrected chi connectivity index (χ1v) is 6.60. The van der Waals surface area contributed by atoms with E-state index in [1.807, 2.05) is 0 Å². The number of carbonyl (C=O) groups excluding carboxylic acids is 1. The number of hydrogen-bond acceptors (Lipinski definition) is 6. The number of hydrogen-bond donors (Lipinski definition) is 0. The maximum Gasteiger partial charge on any atom is 0.338 e. The Bertz CT molecular complexity index is 775. The van der Waals surface area contributed by atoms with Crippen molar-refractivity contribution in [3.63, 3.8) is 0 Å². The van der Waals surface area contributed by atoms with Gasteiger partial charge in [-0.05, 0) is 18.2 Å². The monoisotopic (exact) mass is 336 g/mol. The zero-order chi connectivity index (χ0) is 17.0. The summed E-state index contributed by atoms with van der Waals surface area (Å²) in [6.07, 6.45) is 0. The van der Waals surface area contributed by atoms with Crippen LogP contribution in [0.4, 0.5) is 11.4 Å². The number of benzene rings is 2. The molecule has 118 valence electrons. The minimum atomic E-state index is -0.686. The average Bonchev–Trinajstić information content (AvgIpc) is 2.53. The maximum atomic E-state index is 11.8. The second-order valence-electron chi connectivity index (χ2n) is 4.41. The molecule has 2 aromatic carbocycles. The Balaban J connectivity index is 2.04. The number of carbonyl (C=O) groups is 1. The number of non-ortho nitro benzene ring substituents is 2. The quantitative estimate of drug-likeness (QED) is 0.469. The lowest BCUT2D eigenvalue weighted by molar-refractivity contribution is -0.385. The summed E-state index contributed by atoms with van der Waals surface area (Å²) in [7, 11) is 0. The lowest BCUT2D eigenvalue weighted by atomic mass is 10.2. The van der Waals surface area contributed by atoms with Crippen LogP contribution in [-0.2, 0) is 11.3 Å². The molecule has 0 saturated heterocycles. The van der Waals surface area contributed by atoms with Crippen molar-refractivity contribution in [3.8, 4) is 0 Å². The highest BCUT2D eigenvalue weighted by atomic mass is 35.5. The van der Waals surface area contributed by atoms with Gasteiger partial charge in [0.1, 0.15) is 6.61 Å². The molecule has 0 fully saturated rings. The van der Waals surface area contributed by atoms with Gasteiger partial charge in [-0.25, -0.2) is 4.79 Å². The van der Waals surface area contributed by atoms with Crippen LogP contribution in [0.15, 0.2) is 42.5 Å². The number of esters is 1. The van der Waals surface area contributed by atoms with E-state index in [4.69, 9.17) is 16.3 Å². The molecule has 0 saturated carbocycles. The SMILES string of the molecule is O=C(OCc1ccc([N+](=O)[O-])cc1Cl)c1ccc([N+](=O)[O-])cc1. The van der Waals surface area contributed by atoms with Gasteiger partial charge in [-0.3, -0.25) is 20.2 Å². The fourth-order valence-electron chi connectivity index (χ4n) is 1.71. The Morgan fingerprint density at radius 2 is 1.57 bits per heavy atom. The number of ether oxygens (including phenoxy) is 1. The molecule has 0 heterocycles. The van der Waals surface area contributed by atoms with E-state index >= 15 is 0 Å². The molecule has 0 N–H and O–H groups in total. The molecule has 0 atom stereocenters. The van der Waals surface area contributed by atoms with Crippen molar-refractivity contribution in [1.82, 2.24) is 0 Å². The Kier molecular flexibility index (Phi) is 4.87. The molecule has 0 unspecified atom stereocenters. The Hall–Kier alpha value is -3.00. The molecule has 2 aromatic rings. The number of nitro benzene ring substituents is 2. The highest BCUT2D eigenvalue weighted by Gasteiger charge is 2.13. The molecule has 23 heavy (non-hydrogen) atoms. The summed E-state index contributed by atoms with van der Waals surface area (Å²) in [6, 6.07) is 8.74. The lowest BCUT2D eigenvalue weighted by Gasteiger charge is -2.06. The summed E-state index contributed by atoms with van der Waals surface area (Å²) in [5.41, 5.74) is 0.251. The normalized spacial score (nSPS) is 10.1. The molecule has 8 nitrogen and oxygen atoms in total. The van der Waals surface area contributed by atoms with Crippen LogP contribution in [0.5, 0.6) is 0 Å². The fraction of sp³-hybridized carbons (Fsp3) is 0.0714. The van der Waals surface area contributed by atoms with E-state index in [1.54, 1.807) is 0 Å². The predicted octanol–water partition coefficient (Wildman–Crippen LogP) is 3.51. The zero-order valence-corrected chi connectivity index (χ0v) is 12.2. The summed E-state index contributed by atoms with van der Waals surface area (Å²) in [5, 5.41) is 21.2. The van der Waals surface area contributed by atoms with Crippen LogP contribution in [-0.4, -0.2) is 15.8 Å². The van der Waals surface area contributed by atoms with Crippen molar-refractivity contribution in [2.75, 3.05) is 0 Å². The number of halogens is 1. The fourth-order valence-corrected chi connectivity index (χ4v) is 1.94. The second-order valence-corrected chi connectivity index (χ2v) is 4.82. The first kappa shape index (κ1) is 16.4. The maximum absolute atomic E-state index is 11.8. The van der Waals surface area contributed by atoms with Crippen LogP contribution in [0.1, 0.15) is 15.9 Å². The van der Waals surface area contributed by atoms with Crippen LogP contribution in [0.25, 0.3) is 0 Å². The zero-order valence-electron chi connectivity index (χ0n) is 11.5. The minimum absolute atomic E-state index is 0.107. The molecule has 2 rings (SSSR count). The Morgan fingerprint density at radius 3 is 2.09 bits per heavy atom. The third-order valence-corrected chi connectivity index (χ3v) is 3.27. The summed E-state index contributed by atoms with van der Waals surface area (Å²) in [5.74, 6) is -0.686. The smallest absolute Gasteiger partial charge is 0.338 e. The molecular formula is C14H9ClN2O6. The topological polar surface area (TPSA) is 113 Å². The van der Waals surface area contributed by atoms with Gasteiger partial charge in [0.2, 0.25) is 0 Å². The van der Waals surface area contributed by atoms with Crippen LogP contribution in [0.2, 0.25) is 5.02 Å². The van der Waals surface area contributed by atoms with Crippen LogP contribution >= 0.6 is 11.6 Å². The van der Waals surface area contributed by atoms with Gasteiger partial charge in [0.05, 0.1) is 20.4 Å². The first-order chi connectivity index (χ1) is 10.9. The first-order valence-electron chi connectivity index (χ1n) is 6.23. The summed E-state index contributed by atoms with van der Waals surface area (Å²) in [4.78, 5) is 31.8. The summed E-state index contributed by atoms with van der Waals surface area (Å²) >= 11 is 5.89. The van der Waals surface area contributed by atoms with Crippen molar-refractivity contribution >= 4 is 28.9 Å². The van der Waals surface area contributed by atoms with E-state index in [1.165, 1.54) is 36.4 Å². The van der Waals surface area contributed by atoms with Crippen LogP contribution in [0.3, 0.4) is 0 Å². The molecule has 0 aliphatic rings. The average molecular weight is 337 g/mol. The van der Waals surface area contributed by atoms with Gasteiger partial charge in [-0.2, -0.15) is 0 Å². The molecule has 0 spiro atoms. The van der Waals surface area contributed by atoms with Gasteiger partial charge in [0.25, 0.3) is 11.4 Å². The number of nitrogens with zero attached hydrogens (tertiary/aromatic N) is 2. The van der Waals surface area contributed by atoms with Gasteiger partial charge in [-0.15, -0.1) is 0 Å². The predicted molar refractivity (Wildman–Crippen MR) is 80.3 cm³/mol. The molecular weight excluding hydrogens is 328 g/mol. The highest BCUT2D eigenvalue weighted by Crippen LogP contribution is 2.23. The lowest BCUT2D eigenvalue weighted by Crippen LogP contribution is -2.05. The second kappa shape index (κ2) is 6.84. The summed E-state index contributed by atoms with van der Waals surface area (Å²) < 4.78 is 5.03. The standard InChI is InChI=1S/C14H9ClN2O6/c15-13-7-12(17(21)22)6-3-10(13)8-23-14(18)9-1-4-11(5-2-9)16(19)20/h1-7H,8H2. The molecule has 0 amide bonds. The molecule has 0 bridgehead atoms. The van der Waals surface area contributed by atoms with E-state index < -0.39 is 15.8 Å². The van der Waals surface area contributed by atoms with Gasteiger partial charge < -0.3 is 4.74 Å². The van der Waals surface area contributed by atoms with Crippen molar-refractivity contribution in [2.24, 2.45) is 0 Å². The van der Waals surface area contributed by atoms with Crippen molar-refractivity contribution in [1.29, 1.82) is 0 Å². The molecule has 0 aromatic heterocycles. The molecule has 0 aliphatic carbocycles. The van der Waals surface area contributed by atoms with Gasteiger partial charge in [0, 0.05) is 29.8 Å². The summed E-state index contributed by atoms with van der Waals surface area (Å²) in [6.45, 7) is -0.174. The van der Waals surface area contributed by atoms with E-state index in [9.17, 15) is 25.0 Å². The van der Waals surface area contributed by atoms with E-state index in [0.29, 0.717) is 5.56 Å². The van der Waals surface area contributed by atoms with Crippen LogP contribution in [0, 0.1) is 20.2 Å². The van der Waals surface area contributed by atoms with Gasteiger partial charge in [0.15, 0.2) is 0 Å². The van der Waals surface area contributed by atoms with Crippen molar-refractivity contribution in [2.45, 2.75) is 6.61 Å². The minimum Gasteiger partial charge on any atom is -0.457 e. The molecule has 9 heteroatoms. The third kappa shape index (κ3) is 4.01. The van der Waals surface area contributed by atoms with Crippen molar-refractivity contribution in [3.05, 3.63) is 78.8 Å². The Labute approximate surface area is 134 Å². The van der Waals surface area contributed by atoms with E-state index in [0.717, 1.165) is 6.07 Å². The largest absolute Gasteiger partial charge is 0.457 e. The third-order valence-electron chi connectivity index (χ3n) is 2.92. The molecule has 0 radical (unpaired) electrons. The number of rotatable bonds is 5.